The highest BCUT2D eigenvalue weighted by Gasteiger charge is 2.32. The molecule has 1 atom stereocenters. The van der Waals surface area contributed by atoms with Gasteiger partial charge < -0.3 is 14.9 Å². The number of aliphatic hydroxyl groups is 1. The van der Waals surface area contributed by atoms with Crippen LogP contribution >= 0.6 is 0 Å². The molecule has 1 aliphatic rings. The number of β-amino-alcohol motifs (C(OH)–C–C–N with tert-alkyl or cyclic N) is 1. The summed E-state index contributed by atoms with van der Waals surface area (Å²) < 4.78 is 5.30. The fourth-order valence-corrected chi connectivity index (χ4v) is 2.16. The van der Waals surface area contributed by atoms with Crippen molar-refractivity contribution in [3.63, 3.8) is 0 Å². The molecule has 0 aromatic heterocycles. The second-order valence-corrected chi connectivity index (χ2v) is 5.73. The Morgan fingerprint density at radius 3 is 2.74 bits per heavy atom. The van der Waals surface area contributed by atoms with Gasteiger partial charge in [-0.15, -0.1) is 0 Å². The molecule has 0 bridgehead atoms. The topological polar surface area (TPSA) is 70.0 Å². The molecule has 1 amide bonds. The Bertz CT molecular complexity index is 493. The number of benzene rings is 1. The van der Waals surface area contributed by atoms with E-state index in [2.05, 4.69) is 0 Å². The second kappa shape index (κ2) is 4.74. The number of carbonyl (C=O) groups excluding carboxylic acids is 1. The van der Waals surface area contributed by atoms with Crippen molar-refractivity contribution in [3.05, 3.63) is 23.8 Å². The van der Waals surface area contributed by atoms with Crippen LogP contribution in [0.4, 0.5) is 10.5 Å². The van der Waals surface area contributed by atoms with Crippen LogP contribution < -0.4 is 4.90 Å². The number of rotatable bonds is 0. The molecule has 0 radical (unpaired) electrons. The summed E-state index contributed by atoms with van der Waals surface area (Å²) in [5.41, 5.74) is 0.552. The number of para-hydroxylation sites is 1. The van der Waals surface area contributed by atoms with Crippen molar-refractivity contribution < 1.29 is 19.7 Å². The van der Waals surface area contributed by atoms with Crippen molar-refractivity contribution in [1.82, 2.24) is 0 Å². The summed E-state index contributed by atoms with van der Waals surface area (Å²) in [6.07, 6.45) is -0.793. The van der Waals surface area contributed by atoms with E-state index in [0.29, 0.717) is 12.1 Å². The molecule has 0 saturated heterocycles. The highest BCUT2D eigenvalue weighted by molar-refractivity contribution is 5.91. The number of carbonyl (C=O) groups is 1. The predicted octanol–water partition coefficient (Wildman–Crippen LogP) is 2.05. The van der Waals surface area contributed by atoms with Crippen molar-refractivity contribution >= 4 is 11.8 Å². The van der Waals surface area contributed by atoms with Crippen molar-refractivity contribution in [3.8, 4) is 5.75 Å². The van der Waals surface area contributed by atoms with Gasteiger partial charge in [0, 0.05) is 6.42 Å². The van der Waals surface area contributed by atoms with Gasteiger partial charge in [0.05, 0.1) is 18.3 Å². The number of aromatic hydroxyl groups is 1. The lowest BCUT2D eigenvalue weighted by atomic mass is 9.99. The molecule has 19 heavy (non-hydrogen) atoms. The van der Waals surface area contributed by atoms with Crippen LogP contribution in [0, 0.1) is 0 Å². The van der Waals surface area contributed by atoms with Crippen LogP contribution in [-0.2, 0) is 11.2 Å². The molecule has 0 aliphatic carbocycles. The largest absolute Gasteiger partial charge is 0.506 e. The summed E-state index contributed by atoms with van der Waals surface area (Å²) in [5.74, 6) is 0.0234. The number of amides is 1. The van der Waals surface area contributed by atoms with Crippen LogP contribution in [-0.4, -0.2) is 34.6 Å². The van der Waals surface area contributed by atoms with Gasteiger partial charge in [-0.05, 0) is 32.4 Å². The van der Waals surface area contributed by atoms with E-state index in [0.717, 1.165) is 5.56 Å². The smallest absolute Gasteiger partial charge is 0.415 e. The number of nitrogens with zero attached hydrogens (tertiary/aromatic N) is 1. The minimum atomic E-state index is -0.651. The van der Waals surface area contributed by atoms with Crippen molar-refractivity contribution in [2.24, 2.45) is 0 Å². The summed E-state index contributed by atoms with van der Waals surface area (Å²) >= 11 is 0. The molecule has 0 spiro atoms. The van der Waals surface area contributed by atoms with E-state index in [4.69, 9.17) is 4.74 Å². The third kappa shape index (κ3) is 2.98. The molecule has 0 saturated carbocycles. The SMILES string of the molecule is CC(C)(C)OC(=O)N1CC(O)Cc2cccc(O)c21. The molecule has 1 heterocycles. The van der Waals surface area contributed by atoms with Gasteiger partial charge in [-0.2, -0.15) is 0 Å². The van der Waals surface area contributed by atoms with E-state index >= 15 is 0 Å². The standard InChI is InChI=1S/C14H19NO4/c1-14(2,3)19-13(18)15-8-10(16)7-9-5-4-6-11(17)12(9)15/h4-6,10,16-17H,7-8H2,1-3H3. The average Bonchev–Trinajstić information content (AvgIpc) is 2.25. The van der Waals surface area contributed by atoms with Crippen LogP contribution in [0.25, 0.3) is 0 Å². The van der Waals surface area contributed by atoms with E-state index in [9.17, 15) is 15.0 Å². The Balaban J connectivity index is 2.35. The molecule has 0 fully saturated rings. The van der Waals surface area contributed by atoms with E-state index in [1.807, 2.05) is 0 Å². The highest BCUT2D eigenvalue weighted by atomic mass is 16.6. The predicted molar refractivity (Wildman–Crippen MR) is 71.4 cm³/mol. The molecule has 1 aliphatic heterocycles. The van der Waals surface area contributed by atoms with Crippen LogP contribution in [0.5, 0.6) is 5.75 Å². The number of hydrogen-bond acceptors (Lipinski definition) is 4. The Hall–Kier alpha value is -1.75. The maximum absolute atomic E-state index is 12.2. The number of fused-ring (bicyclic) bond motifs is 1. The monoisotopic (exact) mass is 265 g/mol. The molecule has 1 aromatic rings. The summed E-state index contributed by atoms with van der Waals surface area (Å²) in [6, 6.07) is 5.00. The van der Waals surface area contributed by atoms with Gasteiger partial charge in [-0.3, -0.25) is 4.90 Å². The Labute approximate surface area is 112 Å². The Kier molecular flexibility index (Phi) is 3.41. The summed E-state index contributed by atoms with van der Waals surface area (Å²) in [7, 11) is 0. The van der Waals surface area contributed by atoms with Gasteiger partial charge in [0.2, 0.25) is 0 Å². The molecule has 1 unspecified atom stereocenters. The van der Waals surface area contributed by atoms with E-state index in [1.165, 1.54) is 11.0 Å². The van der Waals surface area contributed by atoms with Gasteiger partial charge >= 0.3 is 6.09 Å². The van der Waals surface area contributed by atoms with Crippen molar-refractivity contribution in [1.29, 1.82) is 0 Å². The van der Waals surface area contributed by atoms with E-state index < -0.39 is 17.8 Å². The second-order valence-electron chi connectivity index (χ2n) is 5.73. The molecule has 2 N–H and O–H groups in total. The van der Waals surface area contributed by atoms with E-state index in [1.54, 1.807) is 32.9 Å². The first-order valence-corrected chi connectivity index (χ1v) is 6.27. The van der Waals surface area contributed by atoms with Gasteiger partial charge in [-0.1, -0.05) is 12.1 Å². The molecule has 1 aromatic carbocycles. The van der Waals surface area contributed by atoms with Gasteiger partial charge in [0.25, 0.3) is 0 Å². The fourth-order valence-electron chi connectivity index (χ4n) is 2.16. The zero-order chi connectivity index (χ0) is 14.2. The maximum Gasteiger partial charge on any atom is 0.415 e. The average molecular weight is 265 g/mol. The van der Waals surface area contributed by atoms with Crippen molar-refractivity contribution in [2.45, 2.75) is 38.9 Å². The quantitative estimate of drug-likeness (QED) is 0.753. The molecular weight excluding hydrogens is 246 g/mol. The number of anilines is 1. The number of phenols is 1. The Morgan fingerprint density at radius 2 is 2.11 bits per heavy atom. The van der Waals surface area contributed by atoms with Crippen LogP contribution in [0.1, 0.15) is 26.3 Å². The van der Waals surface area contributed by atoms with Crippen LogP contribution in [0.2, 0.25) is 0 Å². The fraction of sp³-hybridized carbons (Fsp3) is 0.500. The number of aliphatic hydroxyl groups excluding tert-OH is 1. The normalized spacial score (nSPS) is 18.9. The third-order valence-corrected chi connectivity index (χ3v) is 2.83. The lowest BCUT2D eigenvalue weighted by molar-refractivity contribution is 0.0547. The molecule has 104 valence electrons. The zero-order valence-corrected chi connectivity index (χ0v) is 11.4. The molecular formula is C14H19NO4. The van der Waals surface area contributed by atoms with Crippen molar-refractivity contribution in [2.75, 3.05) is 11.4 Å². The zero-order valence-electron chi connectivity index (χ0n) is 11.4. The lowest BCUT2D eigenvalue weighted by Gasteiger charge is -2.34. The number of ether oxygens (including phenoxy) is 1. The minimum absolute atomic E-state index is 0.0234. The van der Waals surface area contributed by atoms with Gasteiger partial charge in [-0.25, -0.2) is 4.79 Å². The lowest BCUT2D eigenvalue weighted by Crippen LogP contribution is -2.44. The van der Waals surface area contributed by atoms with Gasteiger partial charge in [0.15, 0.2) is 0 Å². The third-order valence-electron chi connectivity index (χ3n) is 2.83. The highest BCUT2D eigenvalue weighted by Crippen LogP contribution is 2.36. The van der Waals surface area contributed by atoms with Crippen LogP contribution in [0.3, 0.4) is 0 Å². The molecule has 5 nitrogen and oxygen atoms in total. The Morgan fingerprint density at radius 1 is 1.42 bits per heavy atom. The molecule has 2 rings (SSSR count). The summed E-state index contributed by atoms with van der Waals surface area (Å²) in [5, 5.41) is 19.8. The maximum atomic E-state index is 12.2. The summed E-state index contributed by atoms with van der Waals surface area (Å²) in [4.78, 5) is 13.5. The first-order chi connectivity index (χ1) is 8.78. The minimum Gasteiger partial charge on any atom is -0.506 e. The first kappa shape index (κ1) is 13.7. The number of phenolic OH excluding ortho intramolecular Hbond substituents is 1. The van der Waals surface area contributed by atoms with Gasteiger partial charge in [0.1, 0.15) is 11.4 Å². The summed E-state index contributed by atoms with van der Waals surface area (Å²) in [6.45, 7) is 5.45. The van der Waals surface area contributed by atoms with Crippen LogP contribution in [0.15, 0.2) is 18.2 Å². The first-order valence-electron chi connectivity index (χ1n) is 6.27. The van der Waals surface area contributed by atoms with E-state index in [-0.39, 0.29) is 12.3 Å². The molecule has 5 heteroatoms. The number of hydrogen-bond donors (Lipinski definition) is 2.